The summed E-state index contributed by atoms with van der Waals surface area (Å²) in [5.41, 5.74) is 10.9. The summed E-state index contributed by atoms with van der Waals surface area (Å²) in [4.78, 5) is 71.5. The standard InChI is InChI=1S/C29H44N12O10/c1-14(2)18(30)26(46)48-7-16(5-42)50-12-40-10-34-20-22(40)36-28(38-24(20)44)32-9-33-29-37-23-21(25(45)39-29)35-11-41(23)13-51-17(6-43)8-49-27(47)19(31)15(3)4/h10-11,14-19,42-43H,5-9,12-13,30-31H2,1-4H3,(H2,32,36,38,44)(H2,33,37,39,45)/t16-,17+,18-,19-/m0/s1. The van der Waals surface area contributed by atoms with Crippen LogP contribution in [0.4, 0.5) is 11.9 Å². The summed E-state index contributed by atoms with van der Waals surface area (Å²) in [5.74, 6) is -1.40. The number of aliphatic hydroxyl groups is 2. The first-order valence-corrected chi connectivity index (χ1v) is 16.0. The smallest absolute Gasteiger partial charge is 0.323 e. The molecule has 10 N–H and O–H groups in total. The van der Waals surface area contributed by atoms with Crippen molar-refractivity contribution >= 4 is 46.2 Å². The van der Waals surface area contributed by atoms with Gasteiger partial charge in [-0.15, -0.1) is 0 Å². The normalized spacial score (nSPS) is 14.2. The third-order valence-electron chi connectivity index (χ3n) is 7.57. The maximum absolute atomic E-state index is 12.7. The molecule has 51 heavy (non-hydrogen) atoms. The number of aliphatic hydroxyl groups excluding tert-OH is 2. The van der Waals surface area contributed by atoms with Gasteiger partial charge in [0.2, 0.25) is 11.9 Å². The highest BCUT2D eigenvalue weighted by Gasteiger charge is 2.22. The summed E-state index contributed by atoms with van der Waals surface area (Å²) >= 11 is 0. The molecule has 4 heterocycles. The number of esters is 2. The number of anilines is 2. The van der Waals surface area contributed by atoms with Crippen molar-refractivity contribution in [2.24, 2.45) is 23.3 Å². The Bertz CT molecular complexity index is 1750. The van der Waals surface area contributed by atoms with Crippen molar-refractivity contribution in [1.29, 1.82) is 0 Å². The Morgan fingerprint density at radius 2 is 1.16 bits per heavy atom. The molecule has 0 saturated carbocycles. The van der Waals surface area contributed by atoms with E-state index in [2.05, 4.69) is 40.5 Å². The second-order valence-corrected chi connectivity index (χ2v) is 12.1. The van der Waals surface area contributed by atoms with Crippen LogP contribution in [0.5, 0.6) is 0 Å². The first kappa shape index (κ1) is 38.8. The molecule has 4 rings (SSSR count). The number of ether oxygens (including phenoxy) is 4. The number of nitrogens with two attached hydrogens (primary N) is 2. The van der Waals surface area contributed by atoms with Crippen LogP contribution in [0.2, 0.25) is 0 Å². The van der Waals surface area contributed by atoms with Gasteiger partial charge in [-0.05, 0) is 11.8 Å². The monoisotopic (exact) mass is 720 g/mol. The van der Waals surface area contributed by atoms with E-state index in [9.17, 15) is 29.4 Å². The van der Waals surface area contributed by atoms with Crippen molar-refractivity contribution in [3.63, 3.8) is 0 Å². The van der Waals surface area contributed by atoms with Crippen LogP contribution >= 0.6 is 0 Å². The van der Waals surface area contributed by atoms with Crippen LogP contribution in [0.25, 0.3) is 22.3 Å². The van der Waals surface area contributed by atoms with Crippen LogP contribution < -0.4 is 33.2 Å². The lowest BCUT2D eigenvalue weighted by Crippen LogP contribution is -2.39. The van der Waals surface area contributed by atoms with Gasteiger partial charge in [-0.25, -0.2) is 9.97 Å². The highest BCUT2D eigenvalue weighted by atomic mass is 16.6. The van der Waals surface area contributed by atoms with E-state index in [0.29, 0.717) is 0 Å². The molecule has 0 amide bonds. The zero-order valence-corrected chi connectivity index (χ0v) is 28.6. The third kappa shape index (κ3) is 10.0. The summed E-state index contributed by atoms with van der Waals surface area (Å²) in [6.07, 6.45) is 0.912. The maximum Gasteiger partial charge on any atom is 0.323 e. The first-order valence-electron chi connectivity index (χ1n) is 16.0. The number of nitrogens with one attached hydrogen (secondary N) is 4. The minimum Gasteiger partial charge on any atom is -0.462 e. The number of nitrogens with zero attached hydrogens (tertiary/aromatic N) is 6. The number of carbonyl (C=O) groups excluding carboxylic acids is 2. The number of H-pyrrole nitrogens is 2. The molecule has 0 aliphatic heterocycles. The Morgan fingerprint density at radius 1 is 0.765 bits per heavy atom. The van der Waals surface area contributed by atoms with Crippen molar-refractivity contribution in [1.82, 2.24) is 39.0 Å². The van der Waals surface area contributed by atoms with E-state index in [1.54, 1.807) is 27.7 Å². The summed E-state index contributed by atoms with van der Waals surface area (Å²) < 4.78 is 24.5. The summed E-state index contributed by atoms with van der Waals surface area (Å²) in [6.45, 7) is 5.32. The van der Waals surface area contributed by atoms with Gasteiger partial charge in [0.15, 0.2) is 22.3 Å². The molecule has 0 fully saturated rings. The molecule has 0 aliphatic rings. The van der Waals surface area contributed by atoms with E-state index in [0.717, 1.165) is 0 Å². The molecule has 4 atom stereocenters. The minimum atomic E-state index is -0.876. The number of fused-ring (bicyclic) bond motifs is 2. The van der Waals surface area contributed by atoms with E-state index in [1.807, 2.05) is 0 Å². The van der Waals surface area contributed by atoms with Crippen molar-refractivity contribution < 1.29 is 38.7 Å². The van der Waals surface area contributed by atoms with Crippen LogP contribution in [0.1, 0.15) is 27.7 Å². The van der Waals surface area contributed by atoms with Gasteiger partial charge in [0.05, 0.1) is 32.5 Å². The molecule has 22 nitrogen and oxygen atoms in total. The highest BCUT2D eigenvalue weighted by Crippen LogP contribution is 2.12. The zero-order valence-electron chi connectivity index (χ0n) is 28.6. The van der Waals surface area contributed by atoms with Crippen molar-refractivity contribution in [2.75, 3.05) is 43.7 Å². The molecular formula is C29H44N12O10. The van der Waals surface area contributed by atoms with E-state index >= 15 is 0 Å². The van der Waals surface area contributed by atoms with Gasteiger partial charge in [-0.1, -0.05) is 27.7 Å². The lowest BCUT2D eigenvalue weighted by atomic mass is 10.1. The maximum atomic E-state index is 12.7. The summed E-state index contributed by atoms with van der Waals surface area (Å²) in [6, 6.07) is -1.63. The summed E-state index contributed by atoms with van der Waals surface area (Å²) in [5, 5.41) is 25.1. The molecule has 0 saturated heterocycles. The third-order valence-corrected chi connectivity index (χ3v) is 7.57. The van der Waals surface area contributed by atoms with Gasteiger partial charge in [-0.3, -0.25) is 38.3 Å². The second-order valence-electron chi connectivity index (χ2n) is 12.1. The molecular weight excluding hydrogens is 676 g/mol. The topological polar surface area (TPSA) is 315 Å². The Kier molecular flexibility index (Phi) is 13.5. The van der Waals surface area contributed by atoms with Gasteiger partial charge < -0.3 is 51.3 Å². The van der Waals surface area contributed by atoms with E-state index in [4.69, 9.17) is 30.4 Å². The summed E-state index contributed by atoms with van der Waals surface area (Å²) in [7, 11) is 0. The Hall–Kier alpha value is -5.00. The average molecular weight is 721 g/mol. The number of hydrogen-bond donors (Lipinski definition) is 8. The van der Waals surface area contributed by atoms with Crippen LogP contribution in [0.3, 0.4) is 0 Å². The lowest BCUT2D eigenvalue weighted by Gasteiger charge is -2.19. The first-order chi connectivity index (χ1) is 24.3. The van der Waals surface area contributed by atoms with Crippen molar-refractivity contribution in [3.05, 3.63) is 33.4 Å². The molecule has 4 aromatic heterocycles. The Morgan fingerprint density at radius 3 is 1.51 bits per heavy atom. The molecule has 280 valence electrons. The number of aromatic amines is 2. The number of imidazole rings is 2. The molecule has 0 unspecified atom stereocenters. The lowest BCUT2D eigenvalue weighted by molar-refractivity contribution is -0.153. The Balaban J connectivity index is 1.36. The molecule has 0 aromatic carbocycles. The largest absolute Gasteiger partial charge is 0.462 e. The molecule has 0 aliphatic carbocycles. The van der Waals surface area contributed by atoms with Crippen LogP contribution in [-0.2, 0) is 42.0 Å². The van der Waals surface area contributed by atoms with Gasteiger partial charge in [-0.2, -0.15) is 9.97 Å². The van der Waals surface area contributed by atoms with Gasteiger partial charge in [0.1, 0.15) is 51.0 Å². The zero-order chi connectivity index (χ0) is 37.2. The number of rotatable bonds is 20. The molecule has 0 bridgehead atoms. The van der Waals surface area contributed by atoms with Crippen LogP contribution in [0, 0.1) is 11.8 Å². The highest BCUT2D eigenvalue weighted by molar-refractivity contribution is 5.76. The number of carbonyl (C=O) groups is 2. The van der Waals surface area contributed by atoms with Crippen LogP contribution in [-0.4, -0.2) is 119 Å². The molecule has 22 heteroatoms. The van der Waals surface area contributed by atoms with Gasteiger partial charge >= 0.3 is 11.9 Å². The fraction of sp³-hybridized carbons (Fsp3) is 0.586. The fourth-order valence-corrected chi connectivity index (χ4v) is 4.24. The number of aromatic nitrogens is 8. The minimum absolute atomic E-state index is 0.0275. The van der Waals surface area contributed by atoms with E-state index in [1.165, 1.54) is 21.8 Å². The molecule has 0 radical (unpaired) electrons. The SMILES string of the molecule is CC(C)[C@H](N)C(=O)OC[C@@H](CO)OCn1cnc2c(=O)[nH]c(NCNc3nc4c(ncn4CO[C@@H](CO)COC(=O)[C@@H](N)C(C)C)c(=O)[nH]3)nc21. The molecule has 4 aromatic rings. The fourth-order valence-electron chi connectivity index (χ4n) is 4.24. The van der Waals surface area contributed by atoms with E-state index < -0.39 is 60.6 Å². The van der Waals surface area contributed by atoms with Crippen LogP contribution in [0.15, 0.2) is 22.2 Å². The predicted octanol–water partition coefficient (Wildman–Crippen LogP) is -2.24. The Labute approximate surface area is 289 Å². The molecule has 0 spiro atoms. The van der Waals surface area contributed by atoms with Crippen molar-refractivity contribution in [2.45, 2.75) is 65.4 Å². The van der Waals surface area contributed by atoms with E-state index in [-0.39, 0.29) is 79.4 Å². The van der Waals surface area contributed by atoms with Gasteiger partial charge in [0, 0.05) is 0 Å². The second kappa shape index (κ2) is 17.8. The predicted molar refractivity (Wildman–Crippen MR) is 180 cm³/mol. The average Bonchev–Trinajstić information content (AvgIpc) is 3.71. The van der Waals surface area contributed by atoms with Crippen molar-refractivity contribution in [3.8, 4) is 0 Å². The quantitative estimate of drug-likeness (QED) is 0.0353. The number of hydrogen-bond acceptors (Lipinski definition) is 18. The van der Waals surface area contributed by atoms with Gasteiger partial charge in [0.25, 0.3) is 11.1 Å².